The minimum Gasteiger partial charge on any atom is -0.366 e. The van der Waals surface area contributed by atoms with Crippen LogP contribution < -0.4 is 5.32 Å². The maximum Gasteiger partial charge on any atom is 0.225 e. The zero-order chi connectivity index (χ0) is 21.4. The average Bonchev–Trinajstić information content (AvgIpc) is 3.25. The minimum absolute atomic E-state index is 0.0166. The van der Waals surface area contributed by atoms with Crippen LogP contribution in [0.3, 0.4) is 0 Å². The number of hydrogen-bond donors (Lipinski definition) is 1. The zero-order valence-corrected chi connectivity index (χ0v) is 18.9. The maximum absolute atomic E-state index is 12.6. The molecule has 0 spiro atoms. The molecule has 1 saturated carbocycles. The van der Waals surface area contributed by atoms with Crippen LogP contribution in [-0.4, -0.2) is 49.2 Å². The van der Waals surface area contributed by atoms with Crippen LogP contribution in [0.4, 0.5) is 5.82 Å². The van der Waals surface area contributed by atoms with Crippen molar-refractivity contribution < 1.29 is 8.42 Å². The Labute approximate surface area is 180 Å². The monoisotopic (exact) mass is 428 g/mol. The number of hydrogen-bond acceptors (Lipinski definition) is 6. The number of nitrogens with zero attached hydrogens (tertiary/aromatic N) is 3. The predicted molar refractivity (Wildman–Crippen MR) is 118 cm³/mol. The molecule has 6 nitrogen and oxygen atoms in total. The smallest absolute Gasteiger partial charge is 0.225 e. The number of aromatic nitrogens is 2. The summed E-state index contributed by atoms with van der Waals surface area (Å²) >= 11 is 0. The topological polar surface area (TPSA) is 75.2 Å². The number of benzene rings is 1. The van der Waals surface area contributed by atoms with Gasteiger partial charge in [0.1, 0.15) is 5.82 Å². The van der Waals surface area contributed by atoms with E-state index in [0.29, 0.717) is 17.3 Å². The van der Waals surface area contributed by atoms with Crippen LogP contribution in [0.1, 0.15) is 40.0 Å². The summed E-state index contributed by atoms with van der Waals surface area (Å²) in [6, 6.07) is 12.0. The van der Waals surface area contributed by atoms with Crippen LogP contribution in [0.25, 0.3) is 0 Å². The van der Waals surface area contributed by atoms with Crippen LogP contribution in [0.2, 0.25) is 0 Å². The molecule has 2 aromatic rings. The Hall–Kier alpha value is -1.99. The molecule has 0 amide bonds. The fourth-order valence-corrected chi connectivity index (χ4v) is 5.81. The summed E-state index contributed by atoms with van der Waals surface area (Å²) < 4.78 is 25.3. The van der Waals surface area contributed by atoms with Crippen molar-refractivity contribution in [3.63, 3.8) is 0 Å². The van der Waals surface area contributed by atoms with E-state index >= 15 is 0 Å². The molecule has 162 valence electrons. The summed E-state index contributed by atoms with van der Waals surface area (Å²) in [5.74, 6) is 2.14. The Morgan fingerprint density at radius 2 is 1.67 bits per heavy atom. The molecular formula is C23H32N4O2S. The highest BCUT2D eigenvalue weighted by Crippen LogP contribution is 2.39. The molecule has 4 rings (SSSR count). The molecule has 1 N–H and O–H groups in total. The first-order chi connectivity index (χ1) is 14.2. The van der Waals surface area contributed by atoms with E-state index in [9.17, 15) is 8.42 Å². The number of likely N-dealkylation sites (tertiary alicyclic amines) is 1. The largest absolute Gasteiger partial charge is 0.366 e. The van der Waals surface area contributed by atoms with Gasteiger partial charge in [0.2, 0.25) is 9.84 Å². The second-order valence-electron chi connectivity index (χ2n) is 9.98. The van der Waals surface area contributed by atoms with Gasteiger partial charge in [-0.15, -0.1) is 10.2 Å². The van der Waals surface area contributed by atoms with Crippen molar-refractivity contribution in [1.82, 2.24) is 15.1 Å². The van der Waals surface area contributed by atoms with Crippen LogP contribution in [-0.2, 0) is 9.84 Å². The summed E-state index contributed by atoms with van der Waals surface area (Å²) in [5.41, 5.74) is 0.389. The molecule has 2 heterocycles. The first-order valence-electron chi connectivity index (χ1n) is 10.8. The van der Waals surface area contributed by atoms with Gasteiger partial charge in [-0.3, -0.25) is 0 Å². The molecular weight excluding hydrogens is 396 g/mol. The Morgan fingerprint density at radius 3 is 2.23 bits per heavy atom. The minimum atomic E-state index is -3.62. The van der Waals surface area contributed by atoms with E-state index in [4.69, 9.17) is 0 Å². The number of rotatable bonds is 6. The molecule has 3 atom stereocenters. The summed E-state index contributed by atoms with van der Waals surface area (Å²) in [5, 5.41) is 11.6. The number of sulfone groups is 1. The lowest BCUT2D eigenvalue weighted by atomic mass is 9.92. The van der Waals surface area contributed by atoms with E-state index in [-0.39, 0.29) is 9.92 Å². The molecule has 1 saturated heterocycles. The first-order valence-corrected chi connectivity index (χ1v) is 12.3. The molecule has 2 fully saturated rings. The Bertz CT molecular complexity index is 941. The van der Waals surface area contributed by atoms with Gasteiger partial charge in [-0.25, -0.2) is 8.42 Å². The summed E-state index contributed by atoms with van der Waals surface area (Å²) in [7, 11) is -3.62. The predicted octanol–water partition coefficient (Wildman–Crippen LogP) is 3.87. The highest BCUT2D eigenvalue weighted by atomic mass is 32.2. The third-order valence-electron chi connectivity index (χ3n) is 6.33. The molecule has 30 heavy (non-hydrogen) atoms. The molecule has 0 radical (unpaired) electrons. The van der Waals surface area contributed by atoms with Crippen molar-refractivity contribution in [2.75, 3.05) is 25.0 Å². The lowest BCUT2D eigenvalue weighted by molar-refractivity contribution is 0.250. The second kappa shape index (κ2) is 8.27. The van der Waals surface area contributed by atoms with Crippen molar-refractivity contribution >= 4 is 15.7 Å². The molecule has 0 unspecified atom stereocenters. The number of nitrogens with one attached hydrogen (secondary N) is 1. The van der Waals surface area contributed by atoms with Crippen LogP contribution >= 0.6 is 0 Å². The van der Waals surface area contributed by atoms with Gasteiger partial charge >= 0.3 is 0 Å². The molecule has 1 aromatic carbocycles. The lowest BCUT2D eigenvalue weighted by Gasteiger charge is -2.24. The van der Waals surface area contributed by atoms with Gasteiger partial charge in [0.15, 0.2) is 5.03 Å². The fraction of sp³-hybridized carbons (Fsp3) is 0.565. The Morgan fingerprint density at radius 1 is 1.00 bits per heavy atom. The molecule has 1 aromatic heterocycles. The number of fused-ring (bicyclic) bond motifs is 1. The molecule has 0 bridgehead atoms. The average molecular weight is 429 g/mol. The lowest BCUT2D eigenvalue weighted by Crippen LogP contribution is -2.28. The van der Waals surface area contributed by atoms with Gasteiger partial charge in [0.25, 0.3) is 0 Å². The van der Waals surface area contributed by atoms with Crippen molar-refractivity contribution in [2.45, 2.75) is 56.0 Å². The highest BCUT2D eigenvalue weighted by Gasteiger charge is 2.40. The normalized spacial score (nSPS) is 24.7. The second-order valence-corrected chi connectivity index (χ2v) is 11.9. The van der Waals surface area contributed by atoms with Gasteiger partial charge in [0, 0.05) is 19.1 Å². The standard InChI is InChI=1S/C23H32N4O2S/c1-23(2,3)11-12-27-15-17-13-19(14-18(17)16-27)24-21-9-10-22(26-25-21)30(28,29)20-7-5-4-6-8-20/h4-10,17-19H,11-16H2,1-3H3,(H,24,25)/t17-,18+,19-. The van der Waals surface area contributed by atoms with E-state index in [0.717, 1.165) is 24.7 Å². The van der Waals surface area contributed by atoms with Crippen molar-refractivity contribution in [3.8, 4) is 0 Å². The van der Waals surface area contributed by atoms with Gasteiger partial charge in [-0.05, 0) is 67.3 Å². The van der Waals surface area contributed by atoms with E-state index in [1.807, 2.05) is 0 Å². The van der Waals surface area contributed by atoms with Crippen LogP contribution in [0.5, 0.6) is 0 Å². The van der Waals surface area contributed by atoms with Gasteiger partial charge in [-0.2, -0.15) is 0 Å². The van der Waals surface area contributed by atoms with Crippen molar-refractivity contribution in [3.05, 3.63) is 42.5 Å². The summed E-state index contributed by atoms with van der Waals surface area (Å²) in [6.07, 6.45) is 3.52. The third kappa shape index (κ3) is 4.83. The Balaban J connectivity index is 1.32. The SMILES string of the molecule is CC(C)(C)CCN1C[C@H]2C[C@@H](Nc3ccc(S(=O)(=O)c4ccccc4)nn3)C[C@H]2C1. The van der Waals surface area contributed by atoms with Gasteiger partial charge in [0.05, 0.1) is 4.90 Å². The summed E-state index contributed by atoms with van der Waals surface area (Å²) in [6.45, 7) is 10.5. The third-order valence-corrected chi connectivity index (χ3v) is 7.99. The zero-order valence-electron chi connectivity index (χ0n) is 18.1. The molecule has 2 aliphatic rings. The molecule has 1 aliphatic carbocycles. The van der Waals surface area contributed by atoms with Crippen molar-refractivity contribution in [2.24, 2.45) is 17.3 Å². The maximum atomic E-state index is 12.6. The fourth-order valence-electron chi connectivity index (χ4n) is 4.66. The highest BCUT2D eigenvalue weighted by molar-refractivity contribution is 7.91. The summed E-state index contributed by atoms with van der Waals surface area (Å²) in [4.78, 5) is 2.86. The van der Waals surface area contributed by atoms with Crippen molar-refractivity contribution in [1.29, 1.82) is 0 Å². The molecule has 1 aliphatic heterocycles. The van der Waals surface area contributed by atoms with E-state index < -0.39 is 9.84 Å². The van der Waals surface area contributed by atoms with Crippen LogP contribution in [0.15, 0.2) is 52.4 Å². The van der Waals surface area contributed by atoms with E-state index in [1.165, 1.54) is 26.1 Å². The Kier molecular flexibility index (Phi) is 5.86. The van der Waals surface area contributed by atoms with E-state index in [2.05, 4.69) is 41.2 Å². The molecule has 7 heteroatoms. The quantitative estimate of drug-likeness (QED) is 0.753. The van der Waals surface area contributed by atoms with Gasteiger partial charge < -0.3 is 10.2 Å². The van der Waals surface area contributed by atoms with Crippen LogP contribution in [0, 0.1) is 17.3 Å². The first kappa shape index (κ1) is 21.2. The van der Waals surface area contributed by atoms with Gasteiger partial charge in [-0.1, -0.05) is 39.0 Å². The van der Waals surface area contributed by atoms with E-state index in [1.54, 1.807) is 42.5 Å². The number of anilines is 1.